The molecule has 0 heterocycles. The fourth-order valence-corrected chi connectivity index (χ4v) is 0. The Bertz CT molecular complexity index is 8.00. The van der Waals surface area contributed by atoms with Crippen LogP contribution in [0.5, 0.6) is 0 Å². The Morgan fingerprint density at radius 2 is 1.00 bits per heavy atom. The van der Waals surface area contributed by atoms with Crippen LogP contribution in [0.4, 0.5) is 0 Å². The average Bonchev–Trinajstić information content (AvgIpc) is 0. The second-order valence-electron chi connectivity index (χ2n) is 0. The Labute approximate surface area is 50.5 Å². The van der Waals surface area contributed by atoms with E-state index in [4.69, 9.17) is 0 Å². The van der Waals surface area contributed by atoms with Gasteiger partial charge in [-0.2, -0.15) is 0 Å². The van der Waals surface area contributed by atoms with E-state index in [1.807, 2.05) is 0 Å². The van der Waals surface area contributed by atoms with Crippen LogP contribution in [0.15, 0.2) is 0 Å². The molecule has 0 unspecified atom stereocenters. The molecule has 0 radical (unpaired) electrons. The van der Waals surface area contributed by atoms with Gasteiger partial charge in [-0.25, -0.2) is 0 Å². The molecule has 0 aliphatic carbocycles. The first-order valence-electron chi connectivity index (χ1n) is 0. The Morgan fingerprint density at radius 3 is 1.00 bits per heavy atom. The van der Waals surface area contributed by atoms with Crippen LogP contribution < -0.4 is 0 Å². The zero-order chi connectivity index (χ0) is 0. The van der Waals surface area contributed by atoms with Crippen molar-refractivity contribution in [3.8, 4) is 0 Å². The van der Waals surface area contributed by atoms with Crippen molar-refractivity contribution >= 4 is 11.0 Å². The zero-order valence-corrected chi connectivity index (χ0v) is 3.40. The van der Waals surface area contributed by atoms with Crippen LogP contribution >= 0.6 is 0 Å². The maximum Gasteiger partial charge on any atom is 2.00 e. The van der Waals surface area contributed by atoms with Gasteiger partial charge in [0.15, 0.2) is 0 Å². The van der Waals surface area contributed by atoms with E-state index in [1.165, 1.54) is 0 Å². The predicted molar refractivity (Wildman–Crippen MR) is 12.0 cm³/mol. The molecule has 30 valence electrons. The van der Waals surface area contributed by atoms with E-state index in [0.29, 0.717) is 0 Å². The summed E-state index contributed by atoms with van der Waals surface area (Å²) in [5, 5.41) is 0. The monoisotopic (exact) mass is 158 g/mol. The SMILES string of the molecule is [Cr].[Ni+2].[O-2].[SiH4]. The quantitative estimate of drug-likeness (QED) is 0.381. The fraction of sp³-hybridized carbons (Fsp3) is 0. The third-order valence-electron chi connectivity index (χ3n) is 0. The van der Waals surface area contributed by atoms with Crippen LogP contribution in [-0.4, -0.2) is 11.0 Å². The van der Waals surface area contributed by atoms with Crippen molar-refractivity contribution in [2.75, 3.05) is 0 Å². The van der Waals surface area contributed by atoms with E-state index in [2.05, 4.69) is 0 Å². The maximum atomic E-state index is 0. The molecule has 0 rings (SSSR count). The van der Waals surface area contributed by atoms with Gasteiger partial charge in [0.2, 0.25) is 0 Å². The molecule has 4 heteroatoms. The second-order valence-corrected chi connectivity index (χ2v) is 0. The van der Waals surface area contributed by atoms with Crippen LogP contribution in [0.25, 0.3) is 0 Å². The van der Waals surface area contributed by atoms with Gasteiger partial charge in [0.05, 0.1) is 0 Å². The summed E-state index contributed by atoms with van der Waals surface area (Å²) in [5.74, 6) is 0. The number of hydrogen-bond acceptors (Lipinski definition) is 0. The third-order valence-corrected chi connectivity index (χ3v) is 0. The summed E-state index contributed by atoms with van der Waals surface area (Å²) in [6, 6.07) is 0. The van der Waals surface area contributed by atoms with Crippen molar-refractivity contribution in [2.24, 2.45) is 0 Å². The fourth-order valence-electron chi connectivity index (χ4n) is 0. The van der Waals surface area contributed by atoms with Crippen molar-refractivity contribution in [2.45, 2.75) is 0 Å². The van der Waals surface area contributed by atoms with Crippen molar-refractivity contribution in [3.05, 3.63) is 0 Å². The molecular formula is H4CrNiOSi. The molecule has 0 bridgehead atoms. The van der Waals surface area contributed by atoms with E-state index in [0.717, 1.165) is 0 Å². The molecule has 4 heavy (non-hydrogen) atoms. The first-order chi connectivity index (χ1) is 0. The van der Waals surface area contributed by atoms with Crippen molar-refractivity contribution in [1.82, 2.24) is 0 Å². The van der Waals surface area contributed by atoms with Crippen molar-refractivity contribution in [3.63, 3.8) is 0 Å². The van der Waals surface area contributed by atoms with Gasteiger partial charge < -0.3 is 5.48 Å². The summed E-state index contributed by atoms with van der Waals surface area (Å²) >= 11 is 0. The van der Waals surface area contributed by atoms with Gasteiger partial charge in [0.25, 0.3) is 0 Å². The normalized spacial score (nSPS) is 0. The molecule has 0 atom stereocenters. The molecule has 0 aromatic carbocycles. The average molecular weight is 159 g/mol. The zero-order valence-electron chi connectivity index (χ0n) is 1.13. The molecule has 0 aliphatic heterocycles. The van der Waals surface area contributed by atoms with Crippen LogP contribution in [0, 0.1) is 0 Å². The Hall–Kier alpha value is 1.20. The van der Waals surface area contributed by atoms with Gasteiger partial charge in [0, 0.05) is 17.4 Å². The Kier molecular flexibility index (Phi) is 473. The minimum absolute atomic E-state index is 0. The molecule has 0 saturated heterocycles. The molecule has 0 aliphatic rings. The summed E-state index contributed by atoms with van der Waals surface area (Å²) in [4.78, 5) is 0. The summed E-state index contributed by atoms with van der Waals surface area (Å²) < 4.78 is 0. The minimum atomic E-state index is 0. The van der Waals surface area contributed by atoms with Crippen molar-refractivity contribution < 1.29 is 39.3 Å². The maximum absolute atomic E-state index is 0. The molecule has 0 saturated carbocycles. The van der Waals surface area contributed by atoms with Crippen molar-refractivity contribution in [1.29, 1.82) is 0 Å². The van der Waals surface area contributed by atoms with Gasteiger partial charge in [-0.1, -0.05) is 0 Å². The second kappa shape index (κ2) is 29.8. The van der Waals surface area contributed by atoms with E-state index in [9.17, 15) is 0 Å². The summed E-state index contributed by atoms with van der Waals surface area (Å²) in [6.07, 6.45) is 0. The van der Waals surface area contributed by atoms with E-state index in [1.54, 1.807) is 0 Å². The van der Waals surface area contributed by atoms with Gasteiger partial charge in [-0.15, -0.1) is 0 Å². The summed E-state index contributed by atoms with van der Waals surface area (Å²) in [7, 11) is 0. The summed E-state index contributed by atoms with van der Waals surface area (Å²) in [6.45, 7) is 0. The predicted octanol–water partition coefficient (Wildman–Crippen LogP) is -1.58. The Morgan fingerprint density at radius 1 is 1.00 bits per heavy atom. The Balaban J connectivity index is 0. The largest absolute Gasteiger partial charge is 2.00 e. The molecule has 0 amide bonds. The molecule has 0 aromatic heterocycles. The summed E-state index contributed by atoms with van der Waals surface area (Å²) in [5.41, 5.74) is 0. The van der Waals surface area contributed by atoms with Gasteiger partial charge in [0.1, 0.15) is 0 Å². The third kappa shape index (κ3) is 10.7. The molecule has 0 N–H and O–H groups in total. The van der Waals surface area contributed by atoms with E-state index >= 15 is 0 Å². The van der Waals surface area contributed by atoms with Crippen LogP contribution in [0.3, 0.4) is 0 Å². The number of hydrogen-bond donors (Lipinski definition) is 0. The molecular weight excluding hydrogens is 155 g/mol. The molecule has 0 spiro atoms. The topological polar surface area (TPSA) is 28.5 Å². The van der Waals surface area contributed by atoms with E-state index < -0.39 is 0 Å². The minimum Gasteiger partial charge on any atom is -2.00 e. The van der Waals surface area contributed by atoms with E-state index in [-0.39, 0.29) is 50.3 Å². The number of rotatable bonds is 0. The smallest absolute Gasteiger partial charge is 2.00 e. The van der Waals surface area contributed by atoms with Gasteiger partial charge in [-0.05, 0) is 11.0 Å². The first-order valence-corrected chi connectivity index (χ1v) is 0. The van der Waals surface area contributed by atoms with Crippen LogP contribution in [0.1, 0.15) is 0 Å². The first kappa shape index (κ1) is 63.5. The molecule has 0 aromatic rings. The molecule has 1 nitrogen and oxygen atoms in total. The van der Waals surface area contributed by atoms with Gasteiger partial charge in [-0.3, -0.25) is 0 Å². The van der Waals surface area contributed by atoms with Gasteiger partial charge >= 0.3 is 16.5 Å². The molecule has 0 fully saturated rings. The van der Waals surface area contributed by atoms with Crippen LogP contribution in [0.2, 0.25) is 0 Å². The van der Waals surface area contributed by atoms with Crippen LogP contribution in [-0.2, 0) is 39.3 Å². The standard InChI is InChI=1S/Cr.Ni.O.H4Si/h;;;1H4/q;+2;-2;.